The molecule has 1 aliphatic heterocycles. The maximum absolute atomic E-state index is 11.1. The van der Waals surface area contributed by atoms with Crippen molar-refractivity contribution in [2.45, 2.75) is 103 Å². The van der Waals surface area contributed by atoms with E-state index >= 15 is 0 Å². The van der Waals surface area contributed by atoms with Gasteiger partial charge in [0, 0.05) is 6.42 Å². The Morgan fingerprint density at radius 2 is 1.55 bits per heavy atom. The predicted octanol–water partition coefficient (Wildman–Crippen LogP) is 4.49. The van der Waals surface area contributed by atoms with Crippen LogP contribution in [0.2, 0.25) is 0 Å². The van der Waals surface area contributed by atoms with Gasteiger partial charge in [0.25, 0.3) is 10.1 Å². The molecule has 0 bridgehead atoms. The van der Waals surface area contributed by atoms with Gasteiger partial charge in [0.2, 0.25) is 0 Å². The molecule has 0 spiro atoms. The standard InChI is InChI=1S/C25H48N2O5S/c1-2-3-4-5-6-7-8-9-10-11-12-13-14-15-16-17-25-26-18-19-27(25,20-21-28)22-24(29)23-33(30,31)32/h9-10,24,28-29H,2-8,11-23H2,1H3/p+1. The van der Waals surface area contributed by atoms with Crippen LogP contribution in [0.3, 0.4) is 0 Å². The summed E-state index contributed by atoms with van der Waals surface area (Å²) < 4.78 is 31.5. The SMILES string of the molecule is CCCCCCCCC=CCCCCCCCC1=NCC[N+]1(CCO)CC(O)CS(=O)(=O)O. The zero-order valence-corrected chi connectivity index (χ0v) is 21.7. The van der Waals surface area contributed by atoms with E-state index in [1.807, 2.05) is 0 Å². The number of unbranched alkanes of at least 4 members (excludes halogenated alkanes) is 11. The van der Waals surface area contributed by atoms with Gasteiger partial charge in [-0.3, -0.25) is 9.04 Å². The van der Waals surface area contributed by atoms with Crippen LogP contribution in [0.15, 0.2) is 17.1 Å². The summed E-state index contributed by atoms with van der Waals surface area (Å²) in [4.78, 5) is 4.61. The highest BCUT2D eigenvalue weighted by atomic mass is 32.2. The monoisotopic (exact) mass is 489 g/mol. The number of aliphatic hydroxyl groups excluding tert-OH is 2. The van der Waals surface area contributed by atoms with E-state index in [9.17, 15) is 18.6 Å². The Hall–Kier alpha value is -0.800. The molecule has 33 heavy (non-hydrogen) atoms. The van der Waals surface area contributed by atoms with Gasteiger partial charge in [0.05, 0.1) is 13.2 Å². The second-order valence-corrected chi connectivity index (χ2v) is 11.0. The molecule has 0 saturated heterocycles. The molecule has 0 radical (unpaired) electrons. The molecule has 194 valence electrons. The van der Waals surface area contributed by atoms with Gasteiger partial charge in [-0.05, 0) is 32.1 Å². The van der Waals surface area contributed by atoms with Gasteiger partial charge in [0.15, 0.2) is 5.84 Å². The highest BCUT2D eigenvalue weighted by Crippen LogP contribution is 2.21. The van der Waals surface area contributed by atoms with Gasteiger partial charge in [-0.25, -0.2) is 4.99 Å². The zero-order valence-electron chi connectivity index (χ0n) is 20.8. The number of allylic oxidation sites excluding steroid dienone is 2. The van der Waals surface area contributed by atoms with Gasteiger partial charge < -0.3 is 10.2 Å². The van der Waals surface area contributed by atoms with Crippen molar-refractivity contribution in [1.29, 1.82) is 0 Å². The van der Waals surface area contributed by atoms with Crippen molar-refractivity contribution in [3.05, 3.63) is 12.2 Å². The van der Waals surface area contributed by atoms with Crippen molar-refractivity contribution in [2.75, 3.05) is 38.5 Å². The van der Waals surface area contributed by atoms with E-state index < -0.39 is 22.0 Å². The van der Waals surface area contributed by atoms with E-state index in [1.165, 1.54) is 64.2 Å². The first kappa shape index (κ1) is 30.2. The average Bonchev–Trinajstić information content (AvgIpc) is 3.11. The summed E-state index contributed by atoms with van der Waals surface area (Å²) in [5, 5.41) is 19.7. The summed E-state index contributed by atoms with van der Waals surface area (Å²) in [5.74, 6) is 0.259. The lowest BCUT2D eigenvalue weighted by Gasteiger charge is -2.35. The lowest BCUT2D eigenvalue weighted by atomic mass is 10.1. The van der Waals surface area contributed by atoms with Crippen LogP contribution in [0.25, 0.3) is 0 Å². The Bertz CT molecular complexity index is 666. The predicted molar refractivity (Wildman–Crippen MR) is 136 cm³/mol. The van der Waals surface area contributed by atoms with E-state index in [4.69, 9.17) is 4.55 Å². The van der Waals surface area contributed by atoms with Crippen LogP contribution in [0.1, 0.15) is 96.8 Å². The summed E-state index contributed by atoms with van der Waals surface area (Å²) in [5.41, 5.74) is 0. The Labute approximate surface area is 202 Å². The first-order valence-corrected chi connectivity index (χ1v) is 14.7. The normalized spacial score (nSPS) is 19.9. The number of hydrogen-bond donors (Lipinski definition) is 3. The number of hydrogen-bond acceptors (Lipinski definition) is 5. The van der Waals surface area contributed by atoms with Crippen molar-refractivity contribution in [3.8, 4) is 0 Å². The third-order valence-electron chi connectivity index (χ3n) is 6.52. The fourth-order valence-electron chi connectivity index (χ4n) is 4.74. The first-order chi connectivity index (χ1) is 15.8. The lowest BCUT2D eigenvalue weighted by molar-refractivity contribution is -0.840. The van der Waals surface area contributed by atoms with Crippen molar-refractivity contribution in [3.63, 3.8) is 0 Å². The van der Waals surface area contributed by atoms with E-state index in [0.717, 1.165) is 31.5 Å². The van der Waals surface area contributed by atoms with E-state index in [1.54, 1.807) is 0 Å². The molecule has 1 aliphatic rings. The molecule has 0 aliphatic carbocycles. The van der Waals surface area contributed by atoms with Crippen molar-refractivity contribution >= 4 is 16.0 Å². The lowest BCUT2D eigenvalue weighted by Crippen LogP contribution is -2.57. The molecule has 3 N–H and O–H groups in total. The second kappa shape index (κ2) is 17.6. The minimum atomic E-state index is -4.23. The Morgan fingerprint density at radius 3 is 2.12 bits per heavy atom. The van der Waals surface area contributed by atoms with Gasteiger partial charge in [-0.15, -0.1) is 0 Å². The van der Waals surface area contributed by atoms with Crippen molar-refractivity contribution in [1.82, 2.24) is 0 Å². The highest BCUT2D eigenvalue weighted by molar-refractivity contribution is 7.85. The Kier molecular flexibility index (Phi) is 16.1. The van der Waals surface area contributed by atoms with Crippen LogP contribution in [-0.4, -0.2) is 78.1 Å². The molecule has 7 nitrogen and oxygen atoms in total. The molecule has 0 aromatic carbocycles. The van der Waals surface area contributed by atoms with E-state index in [0.29, 0.717) is 24.1 Å². The molecule has 2 atom stereocenters. The number of aliphatic imine (C=N–C) groups is 1. The quantitative estimate of drug-likeness (QED) is 0.0953. The van der Waals surface area contributed by atoms with Crippen LogP contribution < -0.4 is 0 Å². The molecule has 0 aromatic rings. The summed E-state index contributed by atoms with van der Waals surface area (Å²) >= 11 is 0. The maximum atomic E-state index is 11.1. The second-order valence-electron chi connectivity index (χ2n) is 9.53. The largest absolute Gasteiger partial charge is 0.390 e. The third kappa shape index (κ3) is 14.3. The summed E-state index contributed by atoms with van der Waals surface area (Å²) in [7, 11) is -4.23. The van der Waals surface area contributed by atoms with Crippen LogP contribution in [0.4, 0.5) is 0 Å². The number of amidine groups is 1. The molecular weight excluding hydrogens is 440 g/mol. The van der Waals surface area contributed by atoms with E-state index in [2.05, 4.69) is 24.1 Å². The minimum Gasteiger partial charge on any atom is -0.390 e. The number of rotatable bonds is 21. The van der Waals surface area contributed by atoms with Crippen molar-refractivity contribution in [2.24, 2.45) is 4.99 Å². The van der Waals surface area contributed by atoms with Gasteiger partial charge in [-0.2, -0.15) is 8.42 Å². The molecule has 2 unspecified atom stereocenters. The van der Waals surface area contributed by atoms with Crippen LogP contribution in [0, 0.1) is 0 Å². The summed E-state index contributed by atoms with van der Waals surface area (Å²) in [6.45, 7) is 4.05. The topological polar surface area (TPSA) is 107 Å². The van der Waals surface area contributed by atoms with Crippen LogP contribution >= 0.6 is 0 Å². The van der Waals surface area contributed by atoms with Gasteiger partial charge in [-0.1, -0.05) is 70.4 Å². The number of aliphatic hydroxyl groups is 2. The molecule has 0 aromatic heterocycles. The fraction of sp³-hybridized carbons (Fsp3) is 0.880. The molecule has 8 heteroatoms. The van der Waals surface area contributed by atoms with Crippen LogP contribution in [0.5, 0.6) is 0 Å². The van der Waals surface area contributed by atoms with Crippen molar-refractivity contribution < 1.29 is 27.7 Å². The van der Waals surface area contributed by atoms with Gasteiger partial charge >= 0.3 is 0 Å². The highest BCUT2D eigenvalue weighted by Gasteiger charge is 2.39. The fourth-order valence-corrected chi connectivity index (χ4v) is 5.33. The molecule has 0 saturated carbocycles. The molecule has 0 amide bonds. The third-order valence-corrected chi connectivity index (χ3v) is 7.33. The van der Waals surface area contributed by atoms with Crippen LogP contribution in [-0.2, 0) is 10.1 Å². The average molecular weight is 490 g/mol. The van der Waals surface area contributed by atoms with Gasteiger partial charge in [0.1, 0.15) is 31.5 Å². The molecule has 0 fully saturated rings. The molecular formula is C25H49N2O5S+. The van der Waals surface area contributed by atoms with E-state index in [-0.39, 0.29) is 13.2 Å². The summed E-state index contributed by atoms with van der Waals surface area (Å²) in [6.07, 6.45) is 20.5. The number of quaternary nitrogens is 1. The molecule has 1 rings (SSSR count). The molecule has 1 heterocycles. The summed E-state index contributed by atoms with van der Waals surface area (Å²) in [6, 6.07) is 0. The first-order valence-electron chi connectivity index (χ1n) is 13.1. The Morgan fingerprint density at radius 1 is 0.970 bits per heavy atom. The number of nitrogens with zero attached hydrogens (tertiary/aromatic N) is 2. The zero-order chi connectivity index (χ0) is 24.4. The smallest absolute Gasteiger partial charge is 0.267 e. The Balaban J connectivity index is 2.19. The minimum absolute atomic E-state index is 0.0516. The maximum Gasteiger partial charge on any atom is 0.267 e.